The summed E-state index contributed by atoms with van der Waals surface area (Å²) >= 11 is 0. The van der Waals surface area contributed by atoms with Crippen LogP contribution in [0.5, 0.6) is 5.75 Å². The van der Waals surface area contributed by atoms with Crippen LogP contribution in [-0.2, 0) is 9.47 Å². The average molecular weight is 305 g/mol. The van der Waals surface area contributed by atoms with Gasteiger partial charge in [-0.15, -0.1) is 0 Å². The first-order chi connectivity index (χ1) is 10.7. The average Bonchev–Trinajstić information content (AvgIpc) is 2.51. The molecule has 0 aliphatic rings. The first kappa shape index (κ1) is 16.5. The van der Waals surface area contributed by atoms with Crippen LogP contribution in [0.2, 0.25) is 0 Å². The highest BCUT2D eigenvalue weighted by Crippen LogP contribution is 2.18. The van der Waals surface area contributed by atoms with Crippen LogP contribution in [0.15, 0.2) is 35.1 Å². The Morgan fingerprint density at radius 3 is 2.55 bits per heavy atom. The van der Waals surface area contributed by atoms with Gasteiger partial charge in [-0.1, -0.05) is 0 Å². The molecule has 0 amide bonds. The van der Waals surface area contributed by atoms with E-state index in [0.29, 0.717) is 19.8 Å². The van der Waals surface area contributed by atoms with E-state index in [1.807, 2.05) is 32.0 Å². The molecule has 0 saturated carbocycles. The number of aromatic amines is 1. The lowest BCUT2D eigenvalue weighted by molar-refractivity contribution is -0.140. The van der Waals surface area contributed by atoms with E-state index >= 15 is 0 Å². The maximum atomic E-state index is 11.3. The molecule has 0 spiro atoms. The third kappa shape index (κ3) is 4.86. The van der Waals surface area contributed by atoms with E-state index in [2.05, 4.69) is 4.98 Å². The molecule has 1 heterocycles. The van der Waals surface area contributed by atoms with Crippen molar-refractivity contribution in [2.45, 2.75) is 33.0 Å². The summed E-state index contributed by atoms with van der Waals surface area (Å²) in [7, 11) is 0. The van der Waals surface area contributed by atoms with Crippen LogP contribution in [0.3, 0.4) is 0 Å². The number of H-pyrrole nitrogens is 1. The molecule has 1 aromatic heterocycles. The molecule has 1 aromatic carbocycles. The third-order valence-electron chi connectivity index (χ3n) is 3.25. The molecule has 0 aliphatic carbocycles. The van der Waals surface area contributed by atoms with Crippen LogP contribution in [0.25, 0.3) is 10.9 Å². The van der Waals surface area contributed by atoms with Gasteiger partial charge in [0.25, 0.3) is 0 Å². The molecule has 120 valence electrons. The number of benzene rings is 1. The highest BCUT2D eigenvalue weighted by atomic mass is 16.7. The van der Waals surface area contributed by atoms with Crippen LogP contribution in [-0.4, -0.2) is 31.1 Å². The Morgan fingerprint density at radius 1 is 1.09 bits per heavy atom. The van der Waals surface area contributed by atoms with Gasteiger partial charge in [0.15, 0.2) is 6.29 Å². The highest BCUT2D eigenvalue weighted by Gasteiger charge is 2.07. The molecular formula is C17H23NO4. The van der Waals surface area contributed by atoms with Gasteiger partial charge in [0, 0.05) is 31.8 Å². The molecule has 2 rings (SSSR count). The number of aromatic nitrogens is 1. The molecule has 0 atom stereocenters. The van der Waals surface area contributed by atoms with Gasteiger partial charge in [-0.2, -0.15) is 0 Å². The minimum atomic E-state index is -0.161. The maximum absolute atomic E-state index is 11.3. The molecule has 5 heteroatoms. The van der Waals surface area contributed by atoms with E-state index in [9.17, 15) is 4.79 Å². The summed E-state index contributed by atoms with van der Waals surface area (Å²) in [5.74, 6) is 0.749. The Balaban J connectivity index is 1.85. The SMILES string of the molecule is CCOC(CCCOc1ccc2ccc(=O)[nH]c2c1)OCC. The minimum Gasteiger partial charge on any atom is -0.494 e. The van der Waals surface area contributed by atoms with Gasteiger partial charge >= 0.3 is 0 Å². The lowest BCUT2D eigenvalue weighted by Crippen LogP contribution is -2.18. The first-order valence-corrected chi connectivity index (χ1v) is 7.72. The van der Waals surface area contributed by atoms with E-state index in [1.165, 1.54) is 6.07 Å². The Kier molecular flexibility index (Phi) is 6.43. The van der Waals surface area contributed by atoms with Gasteiger partial charge in [0.1, 0.15) is 5.75 Å². The van der Waals surface area contributed by atoms with E-state index in [-0.39, 0.29) is 11.8 Å². The smallest absolute Gasteiger partial charge is 0.248 e. The zero-order valence-corrected chi connectivity index (χ0v) is 13.1. The molecule has 0 bridgehead atoms. The van der Waals surface area contributed by atoms with Crippen LogP contribution < -0.4 is 10.3 Å². The number of hydrogen-bond acceptors (Lipinski definition) is 4. The van der Waals surface area contributed by atoms with E-state index in [4.69, 9.17) is 14.2 Å². The lowest BCUT2D eigenvalue weighted by Gasteiger charge is -2.16. The zero-order valence-electron chi connectivity index (χ0n) is 13.1. The van der Waals surface area contributed by atoms with Gasteiger partial charge in [0.05, 0.1) is 12.1 Å². The molecule has 0 radical (unpaired) electrons. The highest BCUT2D eigenvalue weighted by molar-refractivity contribution is 5.79. The third-order valence-corrected chi connectivity index (χ3v) is 3.25. The van der Waals surface area contributed by atoms with Crippen molar-refractivity contribution in [3.63, 3.8) is 0 Å². The van der Waals surface area contributed by atoms with E-state index in [0.717, 1.165) is 29.5 Å². The number of nitrogens with one attached hydrogen (secondary N) is 1. The summed E-state index contributed by atoms with van der Waals surface area (Å²) in [6.07, 6.45) is 1.48. The van der Waals surface area contributed by atoms with Crippen molar-refractivity contribution in [3.8, 4) is 5.75 Å². The van der Waals surface area contributed by atoms with Gasteiger partial charge in [-0.3, -0.25) is 4.79 Å². The molecule has 0 unspecified atom stereocenters. The fourth-order valence-corrected chi connectivity index (χ4v) is 2.25. The second-order valence-corrected chi connectivity index (χ2v) is 4.90. The van der Waals surface area contributed by atoms with Crippen molar-refractivity contribution in [2.75, 3.05) is 19.8 Å². The number of rotatable bonds is 9. The van der Waals surface area contributed by atoms with Crippen molar-refractivity contribution >= 4 is 10.9 Å². The summed E-state index contributed by atoms with van der Waals surface area (Å²) in [6.45, 7) is 5.78. The predicted octanol–water partition coefficient (Wildman–Crippen LogP) is 3.09. The monoisotopic (exact) mass is 305 g/mol. The van der Waals surface area contributed by atoms with Crippen LogP contribution in [0.1, 0.15) is 26.7 Å². The molecule has 2 aromatic rings. The van der Waals surface area contributed by atoms with Crippen molar-refractivity contribution in [2.24, 2.45) is 0 Å². The van der Waals surface area contributed by atoms with Gasteiger partial charge in [-0.25, -0.2) is 0 Å². The molecule has 5 nitrogen and oxygen atoms in total. The number of pyridine rings is 1. The lowest BCUT2D eigenvalue weighted by atomic mass is 10.2. The minimum absolute atomic E-state index is 0.110. The van der Waals surface area contributed by atoms with Crippen LogP contribution in [0, 0.1) is 0 Å². The number of ether oxygens (including phenoxy) is 3. The van der Waals surface area contributed by atoms with Crippen molar-refractivity contribution in [1.82, 2.24) is 4.98 Å². The summed E-state index contributed by atoms with van der Waals surface area (Å²) in [5.41, 5.74) is 0.674. The van der Waals surface area contributed by atoms with Gasteiger partial charge < -0.3 is 19.2 Å². The maximum Gasteiger partial charge on any atom is 0.248 e. The fourth-order valence-electron chi connectivity index (χ4n) is 2.25. The Hall–Kier alpha value is -1.85. The molecule has 0 saturated heterocycles. The van der Waals surface area contributed by atoms with Crippen LogP contribution in [0.4, 0.5) is 0 Å². The van der Waals surface area contributed by atoms with Crippen molar-refractivity contribution in [3.05, 3.63) is 40.7 Å². The zero-order chi connectivity index (χ0) is 15.8. The fraction of sp³-hybridized carbons (Fsp3) is 0.471. The summed E-state index contributed by atoms with van der Waals surface area (Å²) in [6, 6.07) is 9.00. The van der Waals surface area contributed by atoms with E-state index < -0.39 is 0 Å². The van der Waals surface area contributed by atoms with Gasteiger partial charge in [-0.05, 0) is 43.9 Å². The first-order valence-electron chi connectivity index (χ1n) is 7.72. The summed E-state index contributed by atoms with van der Waals surface area (Å²) in [4.78, 5) is 14.1. The predicted molar refractivity (Wildman–Crippen MR) is 86.3 cm³/mol. The molecule has 0 fully saturated rings. The molecule has 22 heavy (non-hydrogen) atoms. The quantitative estimate of drug-likeness (QED) is 0.571. The van der Waals surface area contributed by atoms with Gasteiger partial charge in [0.2, 0.25) is 5.56 Å². The van der Waals surface area contributed by atoms with Crippen LogP contribution >= 0.6 is 0 Å². The largest absolute Gasteiger partial charge is 0.494 e. The Labute approximate surface area is 130 Å². The Bertz CT molecular complexity index is 632. The molecular weight excluding hydrogens is 282 g/mol. The summed E-state index contributed by atoms with van der Waals surface area (Å²) in [5, 5.41) is 0.986. The number of fused-ring (bicyclic) bond motifs is 1. The number of hydrogen-bond donors (Lipinski definition) is 1. The van der Waals surface area contributed by atoms with Crippen molar-refractivity contribution < 1.29 is 14.2 Å². The normalized spacial score (nSPS) is 11.2. The second kappa shape index (κ2) is 8.56. The van der Waals surface area contributed by atoms with E-state index in [1.54, 1.807) is 6.07 Å². The molecule has 0 aliphatic heterocycles. The van der Waals surface area contributed by atoms with Crippen molar-refractivity contribution in [1.29, 1.82) is 0 Å². The topological polar surface area (TPSA) is 60.5 Å². The Morgan fingerprint density at radius 2 is 1.82 bits per heavy atom. The molecule has 1 N–H and O–H groups in total. The standard InChI is InChI=1S/C17H23NO4/c1-3-20-17(21-4-2)6-5-11-22-14-9-7-13-8-10-16(19)18-15(13)12-14/h7-10,12,17H,3-6,11H2,1-2H3,(H,18,19). The summed E-state index contributed by atoms with van der Waals surface area (Å²) < 4.78 is 16.7. The second-order valence-electron chi connectivity index (χ2n) is 4.90.